The van der Waals surface area contributed by atoms with Crippen LogP contribution in [0.3, 0.4) is 0 Å². The molecule has 0 aromatic heterocycles. The molecule has 2 atom stereocenters. The number of carbonyl (C=O) groups is 1. The maximum atomic E-state index is 12.2. The molecule has 1 aromatic rings. The zero-order valence-electron chi connectivity index (χ0n) is 10.5. The van der Waals surface area contributed by atoms with Gasteiger partial charge in [-0.1, -0.05) is 29.3 Å². The second kappa shape index (κ2) is 6.13. The first-order valence-electron chi connectivity index (χ1n) is 6.06. The van der Waals surface area contributed by atoms with Gasteiger partial charge >= 0.3 is 0 Å². The van der Waals surface area contributed by atoms with Gasteiger partial charge in [0.15, 0.2) is 0 Å². The molecule has 6 heteroatoms. The van der Waals surface area contributed by atoms with Gasteiger partial charge in [-0.3, -0.25) is 4.79 Å². The summed E-state index contributed by atoms with van der Waals surface area (Å²) in [6.45, 7) is -0.117. The number of amides is 1. The van der Waals surface area contributed by atoms with Crippen LogP contribution < -0.4 is 0 Å². The molecule has 20 heavy (non-hydrogen) atoms. The SMILES string of the molecule is N#CCN(CC#N)C(=O)[C@H]1C[C@H]1c1ccc(Cl)c(Cl)c1. The van der Waals surface area contributed by atoms with Crippen molar-refractivity contribution in [2.45, 2.75) is 12.3 Å². The lowest BCUT2D eigenvalue weighted by molar-refractivity contribution is -0.131. The summed E-state index contributed by atoms with van der Waals surface area (Å²) in [5.41, 5.74) is 0.964. The van der Waals surface area contributed by atoms with Gasteiger partial charge in [0, 0.05) is 5.92 Å². The van der Waals surface area contributed by atoms with E-state index >= 15 is 0 Å². The van der Waals surface area contributed by atoms with E-state index in [-0.39, 0.29) is 30.8 Å². The van der Waals surface area contributed by atoms with Crippen LogP contribution in [0.25, 0.3) is 0 Å². The van der Waals surface area contributed by atoms with Crippen molar-refractivity contribution in [1.82, 2.24) is 4.90 Å². The van der Waals surface area contributed by atoms with Gasteiger partial charge in [-0.05, 0) is 30.0 Å². The molecule has 0 saturated heterocycles. The highest BCUT2D eigenvalue weighted by molar-refractivity contribution is 6.42. The fourth-order valence-corrected chi connectivity index (χ4v) is 2.50. The van der Waals surface area contributed by atoms with Crippen molar-refractivity contribution < 1.29 is 4.79 Å². The minimum atomic E-state index is -0.172. The van der Waals surface area contributed by atoms with Crippen molar-refractivity contribution in [2.24, 2.45) is 5.92 Å². The lowest BCUT2D eigenvalue weighted by Crippen LogP contribution is -2.33. The second-order valence-electron chi connectivity index (χ2n) is 4.63. The predicted molar refractivity (Wildman–Crippen MR) is 75.1 cm³/mol. The van der Waals surface area contributed by atoms with Crippen molar-refractivity contribution >= 4 is 29.1 Å². The number of benzene rings is 1. The molecule has 0 unspecified atom stereocenters. The molecular formula is C14H11Cl2N3O. The van der Waals surface area contributed by atoms with E-state index in [0.717, 1.165) is 5.56 Å². The second-order valence-corrected chi connectivity index (χ2v) is 5.45. The van der Waals surface area contributed by atoms with Crippen molar-refractivity contribution in [3.63, 3.8) is 0 Å². The summed E-state index contributed by atoms with van der Waals surface area (Å²) in [7, 11) is 0. The van der Waals surface area contributed by atoms with Gasteiger partial charge in [0.1, 0.15) is 13.1 Å². The molecule has 1 aliphatic carbocycles. The van der Waals surface area contributed by atoms with Crippen molar-refractivity contribution in [3.05, 3.63) is 33.8 Å². The molecular weight excluding hydrogens is 297 g/mol. The number of nitriles is 2. The minimum Gasteiger partial charge on any atom is -0.316 e. The number of carbonyl (C=O) groups excluding carboxylic acids is 1. The largest absolute Gasteiger partial charge is 0.316 e. The molecule has 1 aliphatic rings. The van der Waals surface area contributed by atoms with E-state index in [1.165, 1.54) is 4.90 Å². The van der Waals surface area contributed by atoms with Crippen LogP contribution in [-0.2, 0) is 4.79 Å². The van der Waals surface area contributed by atoms with Crippen LogP contribution in [0.4, 0.5) is 0 Å². The molecule has 1 aromatic carbocycles. The standard InChI is InChI=1S/C14H11Cl2N3O/c15-12-2-1-9(7-13(12)16)10-8-11(10)14(20)19(5-3-17)6-4-18/h1-2,7,10-11H,5-6,8H2/t10-,11-/m0/s1. The average Bonchev–Trinajstić information content (AvgIpc) is 3.21. The van der Waals surface area contributed by atoms with Crippen molar-refractivity contribution in [1.29, 1.82) is 10.5 Å². The lowest BCUT2D eigenvalue weighted by Gasteiger charge is -2.15. The van der Waals surface area contributed by atoms with Crippen LogP contribution in [0.5, 0.6) is 0 Å². The van der Waals surface area contributed by atoms with E-state index in [9.17, 15) is 4.79 Å². The molecule has 0 heterocycles. The zero-order valence-corrected chi connectivity index (χ0v) is 12.0. The molecule has 0 radical (unpaired) electrons. The Bertz CT molecular complexity index is 602. The highest BCUT2D eigenvalue weighted by atomic mass is 35.5. The summed E-state index contributed by atoms with van der Waals surface area (Å²) in [4.78, 5) is 13.5. The molecule has 2 rings (SSSR count). The third-order valence-corrected chi connectivity index (χ3v) is 4.05. The van der Waals surface area contributed by atoms with Crippen molar-refractivity contribution in [3.8, 4) is 12.1 Å². The van der Waals surface area contributed by atoms with Crippen molar-refractivity contribution in [2.75, 3.05) is 13.1 Å². The molecule has 0 bridgehead atoms. The molecule has 0 N–H and O–H groups in total. The molecule has 102 valence electrons. The molecule has 0 spiro atoms. The van der Waals surface area contributed by atoms with E-state index < -0.39 is 0 Å². The van der Waals surface area contributed by atoms with Gasteiger partial charge in [0.25, 0.3) is 0 Å². The van der Waals surface area contributed by atoms with Crippen LogP contribution in [0.15, 0.2) is 18.2 Å². The number of nitrogens with zero attached hydrogens (tertiary/aromatic N) is 3. The van der Waals surface area contributed by atoms with Gasteiger partial charge in [-0.15, -0.1) is 0 Å². The molecule has 1 saturated carbocycles. The fourth-order valence-electron chi connectivity index (χ4n) is 2.20. The fraction of sp³-hybridized carbons (Fsp3) is 0.357. The Labute approximate surface area is 127 Å². The quantitative estimate of drug-likeness (QED) is 0.803. The van der Waals surface area contributed by atoms with E-state index in [1.807, 2.05) is 18.2 Å². The van der Waals surface area contributed by atoms with E-state index in [2.05, 4.69) is 0 Å². The summed E-state index contributed by atoms with van der Waals surface area (Å²) in [6, 6.07) is 9.13. The molecule has 1 amide bonds. The third-order valence-electron chi connectivity index (χ3n) is 3.31. The maximum Gasteiger partial charge on any atom is 0.228 e. The Kier molecular flexibility index (Phi) is 4.49. The van der Waals surface area contributed by atoms with Crippen LogP contribution in [0.1, 0.15) is 17.9 Å². The molecule has 4 nitrogen and oxygen atoms in total. The lowest BCUT2D eigenvalue weighted by atomic mass is 10.1. The first kappa shape index (κ1) is 14.7. The number of hydrogen-bond donors (Lipinski definition) is 0. The van der Waals surface area contributed by atoms with Gasteiger partial charge < -0.3 is 4.90 Å². The summed E-state index contributed by atoms with van der Waals surface area (Å²) in [5.74, 6) is -0.227. The topological polar surface area (TPSA) is 67.9 Å². The monoisotopic (exact) mass is 307 g/mol. The van der Waals surface area contributed by atoms with E-state index in [0.29, 0.717) is 16.5 Å². The Morgan fingerprint density at radius 3 is 2.45 bits per heavy atom. The average molecular weight is 308 g/mol. The number of hydrogen-bond acceptors (Lipinski definition) is 3. The first-order chi connectivity index (χ1) is 9.58. The third kappa shape index (κ3) is 3.04. The predicted octanol–water partition coefficient (Wildman–Crippen LogP) is 2.97. The summed E-state index contributed by atoms with van der Waals surface area (Å²) < 4.78 is 0. The highest BCUT2D eigenvalue weighted by Gasteiger charge is 2.45. The Balaban J connectivity index is 2.07. The van der Waals surface area contributed by atoms with Gasteiger partial charge in [-0.25, -0.2) is 0 Å². The number of rotatable bonds is 4. The van der Waals surface area contributed by atoms with E-state index in [1.54, 1.807) is 12.1 Å². The molecule has 1 fully saturated rings. The normalized spacial score (nSPS) is 19.8. The molecule has 0 aliphatic heterocycles. The van der Waals surface area contributed by atoms with Gasteiger partial charge in [0.2, 0.25) is 5.91 Å². The Morgan fingerprint density at radius 2 is 1.90 bits per heavy atom. The van der Waals surface area contributed by atoms with Gasteiger partial charge in [0.05, 0.1) is 22.2 Å². The summed E-state index contributed by atoms with van der Waals surface area (Å²) in [6.07, 6.45) is 0.712. The number of halogens is 2. The Hall–Kier alpha value is -1.75. The Morgan fingerprint density at radius 1 is 1.25 bits per heavy atom. The van der Waals surface area contributed by atoms with Crippen LogP contribution in [0, 0.1) is 28.6 Å². The van der Waals surface area contributed by atoms with Gasteiger partial charge in [-0.2, -0.15) is 10.5 Å². The first-order valence-corrected chi connectivity index (χ1v) is 6.81. The van der Waals surface area contributed by atoms with E-state index in [4.69, 9.17) is 33.7 Å². The minimum absolute atomic E-state index is 0.0585. The van der Waals surface area contributed by atoms with Crippen LogP contribution >= 0.6 is 23.2 Å². The zero-order chi connectivity index (χ0) is 14.7. The smallest absolute Gasteiger partial charge is 0.228 e. The maximum absolute atomic E-state index is 12.2. The summed E-state index contributed by atoms with van der Waals surface area (Å²) in [5, 5.41) is 18.3. The summed E-state index contributed by atoms with van der Waals surface area (Å²) >= 11 is 11.8. The van der Waals surface area contributed by atoms with Crippen LogP contribution in [-0.4, -0.2) is 23.9 Å². The van der Waals surface area contributed by atoms with Crippen LogP contribution in [0.2, 0.25) is 10.0 Å². The highest BCUT2D eigenvalue weighted by Crippen LogP contribution is 2.49.